The summed E-state index contributed by atoms with van der Waals surface area (Å²) in [5.41, 5.74) is 0.417. The maximum absolute atomic E-state index is 4.58. The number of hydrogen-bond donors (Lipinski definition) is 2. The SMILES string of the molecule is CN=C(NCC1(C)CCCC1)NC1CCCn2nc(C)nc21.I. The second kappa shape index (κ2) is 7.81. The first kappa shape index (κ1) is 18.5. The van der Waals surface area contributed by atoms with Gasteiger partial charge in [-0.1, -0.05) is 19.8 Å². The minimum atomic E-state index is 0. The highest BCUT2D eigenvalue weighted by Crippen LogP contribution is 2.36. The molecule has 2 heterocycles. The van der Waals surface area contributed by atoms with Gasteiger partial charge in [0, 0.05) is 20.1 Å². The lowest BCUT2D eigenvalue weighted by atomic mass is 9.89. The molecule has 2 N–H and O–H groups in total. The summed E-state index contributed by atoms with van der Waals surface area (Å²) in [5, 5.41) is 11.5. The number of aromatic nitrogens is 3. The van der Waals surface area contributed by atoms with Gasteiger partial charge in [-0.05, 0) is 38.0 Å². The van der Waals surface area contributed by atoms with E-state index in [4.69, 9.17) is 0 Å². The Kier molecular flexibility index (Phi) is 6.27. The van der Waals surface area contributed by atoms with Crippen LogP contribution < -0.4 is 10.6 Å². The van der Waals surface area contributed by atoms with Crippen molar-refractivity contribution in [3.8, 4) is 0 Å². The average Bonchev–Trinajstić information content (AvgIpc) is 3.09. The van der Waals surface area contributed by atoms with E-state index in [1.54, 1.807) is 0 Å². The molecular formula is C16H29IN6. The molecule has 1 saturated carbocycles. The van der Waals surface area contributed by atoms with Crippen molar-refractivity contribution in [1.82, 2.24) is 25.4 Å². The van der Waals surface area contributed by atoms with E-state index in [-0.39, 0.29) is 30.0 Å². The number of rotatable bonds is 3. The summed E-state index contributed by atoms with van der Waals surface area (Å²) in [4.78, 5) is 8.97. The van der Waals surface area contributed by atoms with Gasteiger partial charge in [-0.3, -0.25) is 4.99 Å². The first-order valence-electron chi connectivity index (χ1n) is 8.48. The predicted octanol–water partition coefficient (Wildman–Crippen LogP) is 2.78. The molecule has 3 rings (SSSR count). The summed E-state index contributed by atoms with van der Waals surface area (Å²) in [6.07, 6.45) is 7.55. The summed E-state index contributed by atoms with van der Waals surface area (Å²) in [6, 6.07) is 0.206. The Labute approximate surface area is 155 Å². The Balaban J connectivity index is 0.00000192. The molecule has 1 aromatic rings. The Hall–Kier alpha value is -0.860. The van der Waals surface area contributed by atoms with E-state index in [2.05, 4.69) is 32.6 Å². The molecule has 2 aliphatic rings. The van der Waals surface area contributed by atoms with Crippen molar-refractivity contribution in [2.75, 3.05) is 13.6 Å². The van der Waals surface area contributed by atoms with Crippen LogP contribution in [-0.4, -0.2) is 34.3 Å². The van der Waals surface area contributed by atoms with Crippen molar-refractivity contribution in [3.05, 3.63) is 11.6 Å². The van der Waals surface area contributed by atoms with E-state index in [1.807, 2.05) is 18.7 Å². The third kappa shape index (κ3) is 4.36. The van der Waals surface area contributed by atoms with Gasteiger partial charge in [0.2, 0.25) is 0 Å². The summed E-state index contributed by atoms with van der Waals surface area (Å²) < 4.78 is 2.03. The first-order chi connectivity index (χ1) is 10.6. The first-order valence-corrected chi connectivity index (χ1v) is 8.48. The second-order valence-corrected chi connectivity index (χ2v) is 7.02. The molecule has 0 bridgehead atoms. The van der Waals surface area contributed by atoms with Crippen LogP contribution in [0, 0.1) is 12.3 Å². The molecule has 1 fully saturated rings. The summed E-state index contributed by atoms with van der Waals surface area (Å²) in [6.45, 7) is 6.29. The number of guanidine groups is 1. The maximum atomic E-state index is 4.58. The van der Waals surface area contributed by atoms with Crippen LogP contribution in [0.15, 0.2) is 4.99 Å². The highest BCUT2D eigenvalue weighted by atomic mass is 127. The molecule has 1 atom stereocenters. The number of fused-ring (bicyclic) bond motifs is 1. The highest BCUT2D eigenvalue weighted by Gasteiger charge is 2.29. The van der Waals surface area contributed by atoms with Crippen molar-refractivity contribution >= 4 is 29.9 Å². The van der Waals surface area contributed by atoms with Crippen molar-refractivity contribution in [2.45, 2.75) is 65.0 Å². The lowest BCUT2D eigenvalue weighted by Gasteiger charge is -2.28. The highest BCUT2D eigenvalue weighted by molar-refractivity contribution is 14.0. The van der Waals surface area contributed by atoms with Crippen LogP contribution in [0.4, 0.5) is 0 Å². The molecule has 1 unspecified atom stereocenters. The van der Waals surface area contributed by atoms with Gasteiger partial charge >= 0.3 is 0 Å². The molecule has 0 radical (unpaired) electrons. The molecule has 130 valence electrons. The minimum absolute atomic E-state index is 0. The summed E-state index contributed by atoms with van der Waals surface area (Å²) in [5.74, 6) is 2.77. The lowest BCUT2D eigenvalue weighted by molar-refractivity contribution is 0.331. The van der Waals surface area contributed by atoms with Gasteiger partial charge < -0.3 is 10.6 Å². The van der Waals surface area contributed by atoms with Gasteiger partial charge in [0.1, 0.15) is 11.6 Å². The van der Waals surface area contributed by atoms with Crippen LogP contribution in [0.2, 0.25) is 0 Å². The Morgan fingerprint density at radius 3 is 2.78 bits per heavy atom. The average molecular weight is 432 g/mol. The number of aliphatic imine (C=N–C) groups is 1. The monoisotopic (exact) mass is 432 g/mol. The second-order valence-electron chi connectivity index (χ2n) is 7.02. The van der Waals surface area contributed by atoms with Crippen LogP contribution in [-0.2, 0) is 6.54 Å². The van der Waals surface area contributed by atoms with Crippen molar-refractivity contribution < 1.29 is 0 Å². The topological polar surface area (TPSA) is 67.1 Å². The molecule has 0 amide bonds. The van der Waals surface area contributed by atoms with Gasteiger partial charge in [0.25, 0.3) is 0 Å². The zero-order chi connectivity index (χ0) is 15.6. The largest absolute Gasteiger partial charge is 0.356 e. The fourth-order valence-electron chi connectivity index (χ4n) is 3.67. The Morgan fingerprint density at radius 1 is 1.35 bits per heavy atom. The van der Waals surface area contributed by atoms with Crippen LogP contribution >= 0.6 is 24.0 Å². The van der Waals surface area contributed by atoms with Gasteiger partial charge in [-0.25, -0.2) is 9.67 Å². The molecule has 0 aromatic carbocycles. The van der Waals surface area contributed by atoms with Gasteiger partial charge in [-0.15, -0.1) is 24.0 Å². The molecule has 23 heavy (non-hydrogen) atoms. The molecule has 1 aliphatic heterocycles. The number of hydrogen-bond acceptors (Lipinski definition) is 3. The van der Waals surface area contributed by atoms with Crippen molar-refractivity contribution in [2.24, 2.45) is 10.4 Å². The fourth-order valence-corrected chi connectivity index (χ4v) is 3.67. The molecule has 6 nitrogen and oxygen atoms in total. The third-order valence-electron chi connectivity index (χ3n) is 5.01. The van der Waals surface area contributed by atoms with E-state index in [0.29, 0.717) is 5.41 Å². The van der Waals surface area contributed by atoms with E-state index in [9.17, 15) is 0 Å². The minimum Gasteiger partial charge on any atom is -0.356 e. The Morgan fingerprint density at radius 2 is 2.09 bits per heavy atom. The quantitative estimate of drug-likeness (QED) is 0.438. The third-order valence-corrected chi connectivity index (χ3v) is 5.01. The summed E-state index contributed by atoms with van der Waals surface area (Å²) in [7, 11) is 1.84. The summed E-state index contributed by atoms with van der Waals surface area (Å²) >= 11 is 0. The fraction of sp³-hybridized carbons (Fsp3) is 0.812. The molecule has 0 spiro atoms. The van der Waals surface area contributed by atoms with Crippen molar-refractivity contribution in [3.63, 3.8) is 0 Å². The number of nitrogens with zero attached hydrogens (tertiary/aromatic N) is 4. The zero-order valence-electron chi connectivity index (χ0n) is 14.4. The normalized spacial score (nSPS) is 23.1. The predicted molar refractivity (Wildman–Crippen MR) is 103 cm³/mol. The van der Waals surface area contributed by atoms with Crippen LogP contribution in [0.5, 0.6) is 0 Å². The van der Waals surface area contributed by atoms with Crippen molar-refractivity contribution in [1.29, 1.82) is 0 Å². The van der Waals surface area contributed by atoms with Crippen LogP contribution in [0.25, 0.3) is 0 Å². The van der Waals surface area contributed by atoms with E-state index >= 15 is 0 Å². The van der Waals surface area contributed by atoms with Crippen LogP contribution in [0.3, 0.4) is 0 Å². The number of nitrogens with one attached hydrogen (secondary N) is 2. The molecule has 7 heteroatoms. The molecule has 0 saturated heterocycles. The molecular weight excluding hydrogens is 403 g/mol. The van der Waals surface area contributed by atoms with Crippen LogP contribution in [0.1, 0.15) is 63.1 Å². The lowest BCUT2D eigenvalue weighted by Crippen LogP contribution is -2.44. The van der Waals surface area contributed by atoms with E-state index in [1.165, 1.54) is 25.7 Å². The zero-order valence-corrected chi connectivity index (χ0v) is 16.8. The van der Waals surface area contributed by atoms with E-state index < -0.39 is 0 Å². The maximum Gasteiger partial charge on any atom is 0.191 e. The molecule has 1 aliphatic carbocycles. The van der Waals surface area contributed by atoms with Gasteiger partial charge in [-0.2, -0.15) is 5.10 Å². The smallest absolute Gasteiger partial charge is 0.191 e. The Bertz CT molecular complexity index is 547. The van der Waals surface area contributed by atoms with Gasteiger partial charge in [0.15, 0.2) is 5.96 Å². The number of aryl methyl sites for hydroxylation is 2. The van der Waals surface area contributed by atoms with Gasteiger partial charge in [0.05, 0.1) is 6.04 Å². The standard InChI is InChI=1S/C16H28N6.HI/c1-12-19-14-13(7-6-10-22(14)21-12)20-15(17-3)18-11-16(2)8-4-5-9-16;/h13H,4-11H2,1-3H3,(H2,17,18,20);1H. The molecule has 1 aromatic heterocycles. The number of halogens is 1. The van der Waals surface area contributed by atoms with E-state index in [0.717, 1.165) is 43.5 Å².